The molecular formula is C16H10FN3. The van der Waals surface area contributed by atoms with E-state index >= 15 is 0 Å². The van der Waals surface area contributed by atoms with E-state index in [1.165, 1.54) is 12.1 Å². The van der Waals surface area contributed by atoms with Crippen molar-refractivity contribution in [3.05, 3.63) is 65.7 Å². The predicted octanol–water partition coefficient (Wildman–Crippen LogP) is 3.77. The van der Waals surface area contributed by atoms with Gasteiger partial charge in [-0.15, -0.1) is 0 Å². The van der Waals surface area contributed by atoms with Crippen LogP contribution in [-0.2, 0) is 0 Å². The zero-order chi connectivity index (χ0) is 13.9. The van der Waals surface area contributed by atoms with E-state index < -0.39 is 0 Å². The largest absolute Gasteiger partial charge is 0.337 e. The first-order valence-corrected chi connectivity index (χ1v) is 6.09. The van der Waals surface area contributed by atoms with Crippen LogP contribution in [0.15, 0.2) is 48.5 Å². The quantitative estimate of drug-likeness (QED) is 0.715. The van der Waals surface area contributed by atoms with Gasteiger partial charge in [-0.1, -0.05) is 30.3 Å². The van der Waals surface area contributed by atoms with Gasteiger partial charge in [0.1, 0.15) is 17.7 Å². The van der Waals surface area contributed by atoms with Crippen LogP contribution in [0.2, 0.25) is 0 Å². The minimum Gasteiger partial charge on any atom is -0.337 e. The van der Waals surface area contributed by atoms with Gasteiger partial charge in [0.05, 0.1) is 16.6 Å². The molecule has 2 aromatic carbocycles. The van der Waals surface area contributed by atoms with Gasteiger partial charge < -0.3 is 4.98 Å². The number of H-pyrrole nitrogens is 1. The van der Waals surface area contributed by atoms with Crippen molar-refractivity contribution in [2.24, 2.45) is 0 Å². The summed E-state index contributed by atoms with van der Waals surface area (Å²) in [6, 6.07) is 15.9. The molecule has 20 heavy (non-hydrogen) atoms. The Morgan fingerprint density at radius 1 is 1.15 bits per heavy atom. The summed E-state index contributed by atoms with van der Waals surface area (Å²) in [5.74, 6) is 0.0771. The van der Waals surface area contributed by atoms with Gasteiger partial charge in [0.2, 0.25) is 0 Å². The van der Waals surface area contributed by atoms with Crippen LogP contribution in [0.25, 0.3) is 22.7 Å². The van der Waals surface area contributed by atoms with Gasteiger partial charge in [0.15, 0.2) is 0 Å². The molecule has 4 heteroatoms. The number of hydrogen-bond acceptors (Lipinski definition) is 2. The summed E-state index contributed by atoms with van der Waals surface area (Å²) in [5, 5.41) is 9.26. The van der Waals surface area contributed by atoms with Crippen molar-refractivity contribution in [2.45, 2.75) is 0 Å². The van der Waals surface area contributed by atoms with Gasteiger partial charge in [0, 0.05) is 5.56 Å². The molecule has 0 bridgehead atoms. The van der Waals surface area contributed by atoms with Crippen LogP contribution in [0.3, 0.4) is 0 Å². The normalized spacial score (nSPS) is 11.5. The second-order valence-electron chi connectivity index (χ2n) is 4.29. The van der Waals surface area contributed by atoms with Gasteiger partial charge in [0.25, 0.3) is 0 Å². The molecule has 0 unspecified atom stereocenters. The number of aromatic nitrogens is 2. The SMILES string of the molecule is N#C/C(=C/c1ccccc1F)c1nc2ccccc2[nH]1. The maximum Gasteiger partial charge on any atom is 0.149 e. The number of nitrogens with zero attached hydrogens (tertiary/aromatic N) is 2. The standard InChI is InChI=1S/C16H10FN3/c17-13-6-2-1-5-11(13)9-12(10-18)16-19-14-7-3-4-8-15(14)20-16/h1-9H,(H,19,20)/b12-9-. The van der Waals surface area contributed by atoms with E-state index in [1.807, 2.05) is 24.3 Å². The molecule has 1 aromatic heterocycles. The van der Waals surface area contributed by atoms with Crippen molar-refractivity contribution < 1.29 is 4.39 Å². The van der Waals surface area contributed by atoms with Crippen LogP contribution in [0.5, 0.6) is 0 Å². The number of para-hydroxylation sites is 2. The second kappa shape index (κ2) is 4.98. The first-order chi connectivity index (χ1) is 9.78. The van der Waals surface area contributed by atoms with Gasteiger partial charge in [-0.2, -0.15) is 5.26 Å². The highest BCUT2D eigenvalue weighted by Crippen LogP contribution is 2.20. The van der Waals surface area contributed by atoms with Gasteiger partial charge in [-0.25, -0.2) is 9.37 Å². The fourth-order valence-corrected chi connectivity index (χ4v) is 1.98. The highest BCUT2D eigenvalue weighted by atomic mass is 19.1. The minimum absolute atomic E-state index is 0.297. The summed E-state index contributed by atoms with van der Waals surface area (Å²) >= 11 is 0. The number of nitrogens with one attached hydrogen (secondary N) is 1. The molecule has 0 saturated heterocycles. The Hall–Kier alpha value is -2.93. The molecule has 0 atom stereocenters. The third-order valence-corrected chi connectivity index (χ3v) is 2.97. The monoisotopic (exact) mass is 263 g/mol. The van der Waals surface area contributed by atoms with E-state index in [4.69, 9.17) is 0 Å². The third-order valence-electron chi connectivity index (χ3n) is 2.97. The lowest BCUT2D eigenvalue weighted by atomic mass is 10.1. The molecule has 96 valence electrons. The summed E-state index contributed by atoms with van der Waals surface area (Å²) in [5.41, 5.74) is 2.28. The van der Waals surface area contributed by atoms with Crippen molar-refractivity contribution in [1.29, 1.82) is 5.26 Å². The van der Waals surface area contributed by atoms with Crippen LogP contribution >= 0.6 is 0 Å². The summed E-state index contributed by atoms with van der Waals surface area (Å²) < 4.78 is 13.6. The van der Waals surface area contributed by atoms with Crippen LogP contribution in [0, 0.1) is 17.1 Å². The third kappa shape index (κ3) is 2.17. The summed E-state index contributed by atoms with van der Waals surface area (Å²) in [4.78, 5) is 7.40. The lowest BCUT2D eigenvalue weighted by Gasteiger charge is -1.97. The first-order valence-electron chi connectivity index (χ1n) is 6.09. The number of nitriles is 1. The van der Waals surface area contributed by atoms with E-state index in [0.717, 1.165) is 11.0 Å². The smallest absolute Gasteiger partial charge is 0.149 e. The first kappa shape index (κ1) is 12.1. The number of imidazole rings is 1. The van der Waals surface area contributed by atoms with Crippen molar-refractivity contribution in [3.8, 4) is 6.07 Å². The van der Waals surface area contributed by atoms with Gasteiger partial charge >= 0.3 is 0 Å². The van der Waals surface area contributed by atoms with Crippen molar-refractivity contribution >= 4 is 22.7 Å². The average molecular weight is 263 g/mol. The molecule has 3 nitrogen and oxygen atoms in total. The molecule has 0 fully saturated rings. The fraction of sp³-hybridized carbons (Fsp3) is 0. The number of benzene rings is 2. The molecule has 1 heterocycles. The Labute approximate surface area is 115 Å². The van der Waals surface area contributed by atoms with Crippen LogP contribution in [0.4, 0.5) is 4.39 Å². The number of halogens is 1. The number of allylic oxidation sites excluding steroid dienone is 1. The Kier molecular flexibility index (Phi) is 3.02. The van der Waals surface area contributed by atoms with E-state index in [9.17, 15) is 9.65 Å². The lowest BCUT2D eigenvalue weighted by Crippen LogP contribution is -1.87. The number of hydrogen-bond donors (Lipinski definition) is 1. The molecule has 3 aromatic rings. The summed E-state index contributed by atoms with van der Waals surface area (Å²) in [7, 11) is 0. The predicted molar refractivity (Wildman–Crippen MR) is 76.0 cm³/mol. The highest BCUT2D eigenvalue weighted by Gasteiger charge is 2.08. The Bertz CT molecular complexity index is 807. The van der Waals surface area contributed by atoms with Crippen molar-refractivity contribution in [2.75, 3.05) is 0 Å². The van der Waals surface area contributed by atoms with Crippen LogP contribution < -0.4 is 0 Å². The highest BCUT2D eigenvalue weighted by molar-refractivity contribution is 5.90. The fourth-order valence-electron chi connectivity index (χ4n) is 1.98. The molecule has 0 saturated carbocycles. The Balaban J connectivity index is 2.10. The van der Waals surface area contributed by atoms with E-state index in [0.29, 0.717) is 17.0 Å². The second-order valence-corrected chi connectivity index (χ2v) is 4.29. The molecule has 0 aliphatic rings. The molecule has 0 amide bonds. The molecule has 0 spiro atoms. The maximum atomic E-state index is 13.6. The summed E-state index contributed by atoms with van der Waals surface area (Å²) in [6.07, 6.45) is 1.49. The van der Waals surface area contributed by atoms with Gasteiger partial charge in [-0.3, -0.25) is 0 Å². The molecule has 0 aliphatic heterocycles. The van der Waals surface area contributed by atoms with E-state index in [2.05, 4.69) is 16.0 Å². The zero-order valence-electron chi connectivity index (χ0n) is 10.5. The minimum atomic E-state index is -0.364. The lowest BCUT2D eigenvalue weighted by molar-refractivity contribution is 0.625. The number of rotatable bonds is 2. The molecule has 1 N–H and O–H groups in total. The zero-order valence-corrected chi connectivity index (χ0v) is 10.5. The molecule has 3 rings (SSSR count). The molecule has 0 radical (unpaired) electrons. The molecular weight excluding hydrogens is 253 g/mol. The van der Waals surface area contributed by atoms with E-state index in [1.54, 1.807) is 18.2 Å². The average Bonchev–Trinajstić information content (AvgIpc) is 2.90. The Morgan fingerprint density at radius 3 is 2.65 bits per heavy atom. The van der Waals surface area contributed by atoms with Crippen LogP contribution in [-0.4, -0.2) is 9.97 Å². The maximum absolute atomic E-state index is 13.6. The van der Waals surface area contributed by atoms with Crippen molar-refractivity contribution in [1.82, 2.24) is 9.97 Å². The molecule has 0 aliphatic carbocycles. The van der Waals surface area contributed by atoms with E-state index in [-0.39, 0.29) is 5.82 Å². The number of aromatic amines is 1. The van der Waals surface area contributed by atoms with Gasteiger partial charge in [-0.05, 0) is 24.3 Å². The topological polar surface area (TPSA) is 52.5 Å². The Morgan fingerprint density at radius 2 is 1.90 bits per heavy atom. The van der Waals surface area contributed by atoms with Crippen molar-refractivity contribution in [3.63, 3.8) is 0 Å². The summed E-state index contributed by atoms with van der Waals surface area (Å²) in [6.45, 7) is 0. The van der Waals surface area contributed by atoms with Crippen LogP contribution in [0.1, 0.15) is 11.4 Å². The number of fused-ring (bicyclic) bond motifs is 1.